The highest BCUT2D eigenvalue weighted by Crippen LogP contribution is 2.35. The fraction of sp³-hybridized carbons (Fsp3) is 0.571. The molecule has 8 heteroatoms. The second-order valence-electron chi connectivity index (χ2n) is 8.28. The molecule has 1 aromatic rings. The number of carbonyl (C=O) groups excluding carboxylic acids is 1. The highest BCUT2D eigenvalue weighted by atomic mass is 32.2. The Morgan fingerprint density at radius 2 is 1.86 bits per heavy atom. The molecule has 1 amide bonds. The quantitative estimate of drug-likeness (QED) is 0.690. The first kappa shape index (κ1) is 23.3. The van der Waals surface area contributed by atoms with E-state index in [1.165, 1.54) is 12.1 Å². The molecule has 0 unspecified atom stereocenters. The first-order chi connectivity index (χ1) is 13.6. The third-order valence-corrected chi connectivity index (χ3v) is 7.41. The average Bonchev–Trinajstić information content (AvgIpc) is 2.68. The molecule has 1 heterocycles. The van der Waals surface area contributed by atoms with Crippen molar-refractivity contribution in [2.24, 2.45) is 17.1 Å². The van der Waals surface area contributed by atoms with Gasteiger partial charge in [0.05, 0.1) is 17.0 Å². The fourth-order valence-corrected chi connectivity index (χ4v) is 5.30. The number of hydrogen-bond donors (Lipinski definition) is 1. The van der Waals surface area contributed by atoms with Gasteiger partial charge in [-0.05, 0) is 42.5 Å². The van der Waals surface area contributed by atoms with Gasteiger partial charge in [-0.25, -0.2) is 12.8 Å². The average molecular weight is 427 g/mol. The van der Waals surface area contributed by atoms with E-state index in [0.29, 0.717) is 43.6 Å². The molecule has 1 saturated heterocycles. The lowest BCUT2D eigenvalue weighted by molar-refractivity contribution is -0.136. The van der Waals surface area contributed by atoms with Crippen molar-refractivity contribution >= 4 is 15.7 Å². The van der Waals surface area contributed by atoms with E-state index in [2.05, 4.69) is 0 Å². The van der Waals surface area contributed by atoms with Gasteiger partial charge in [-0.1, -0.05) is 20.8 Å². The molecule has 0 radical (unpaired) electrons. The summed E-state index contributed by atoms with van der Waals surface area (Å²) in [6.45, 7) is 6.96. The SMILES string of the molecule is CC(C)C(=O)N1CCC(C)(CS(=O)(=O)c2ccc(OCC(=CF)CN)cc2)CC1. The van der Waals surface area contributed by atoms with Gasteiger partial charge in [0.25, 0.3) is 0 Å². The Morgan fingerprint density at radius 3 is 2.34 bits per heavy atom. The molecule has 1 fully saturated rings. The molecule has 2 N–H and O–H groups in total. The number of nitrogens with zero attached hydrogens (tertiary/aromatic N) is 1. The van der Waals surface area contributed by atoms with Gasteiger partial charge >= 0.3 is 0 Å². The van der Waals surface area contributed by atoms with Crippen LogP contribution in [0.4, 0.5) is 4.39 Å². The van der Waals surface area contributed by atoms with Crippen LogP contribution in [0.2, 0.25) is 0 Å². The molecule has 0 aromatic heterocycles. The van der Waals surface area contributed by atoms with Gasteiger partial charge < -0.3 is 15.4 Å². The lowest BCUT2D eigenvalue weighted by Gasteiger charge is -2.39. The molecule has 1 aliphatic rings. The predicted molar refractivity (Wildman–Crippen MR) is 111 cm³/mol. The molecule has 162 valence electrons. The minimum Gasteiger partial charge on any atom is -0.489 e. The number of piperidine rings is 1. The highest BCUT2D eigenvalue weighted by Gasteiger charge is 2.36. The van der Waals surface area contributed by atoms with Crippen LogP contribution in [0.5, 0.6) is 5.75 Å². The van der Waals surface area contributed by atoms with E-state index in [9.17, 15) is 17.6 Å². The number of nitrogens with two attached hydrogens (primary N) is 1. The van der Waals surface area contributed by atoms with Crippen molar-refractivity contribution in [3.8, 4) is 5.75 Å². The van der Waals surface area contributed by atoms with Crippen LogP contribution in [0, 0.1) is 11.3 Å². The topological polar surface area (TPSA) is 89.7 Å². The van der Waals surface area contributed by atoms with Gasteiger partial charge in [-0.2, -0.15) is 0 Å². The van der Waals surface area contributed by atoms with Crippen LogP contribution >= 0.6 is 0 Å². The first-order valence-electron chi connectivity index (χ1n) is 9.83. The zero-order valence-electron chi connectivity index (χ0n) is 17.4. The molecule has 0 spiro atoms. The summed E-state index contributed by atoms with van der Waals surface area (Å²) in [4.78, 5) is 14.2. The summed E-state index contributed by atoms with van der Waals surface area (Å²) in [5, 5.41) is 0. The largest absolute Gasteiger partial charge is 0.489 e. The number of hydrogen-bond acceptors (Lipinski definition) is 5. The van der Waals surface area contributed by atoms with Crippen molar-refractivity contribution in [3.63, 3.8) is 0 Å². The Bertz CT molecular complexity index is 827. The summed E-state index contributed by atoms with van der Waals surface area (Å²) in [5.74, 6) is 0.547. The second kappa shape index (κ2) is 9.71. The molecular formula is C21H31FN2O4S. The van der Waals surface area contributed by atoms with Crippen LogP contribution in [0.1, 0.15) is 33.6 Å². The maximum absolute atomic E-state index is 12.9. The maximum Gasteiger partial charge on any atom is 0.225 e. The second-order valence-corrected chi connectivity index (χ2v) is 10.3. The zero-order valence-corrected chi connectivity index (χ0v) is 18.2. The number of rotatable bonds is 8. The van der Waals surface area contributed by atoms with Gasteiger partial charge in [0.2, 0.25) is 5.91 Å². The monoisotopic (exact) mass is 426 g/mol. The van der Waals surface area contributed by atoms with Crippen LogP contribution in [0.25, 0.3) is 0 Å². The third kappa shape index (κ3) is 6.27. The van der Waals surface area contributed by atoms with Crippen molar-refractivity contribution in [1.82, 2.24) is 4.90 Å². The molecule has 29 heavy (non-hydrogen) atoms. The summed E-state index contributed by atoms with van der Waals surface area (Å²) in [6, 6.07) is 6.14. The zero-order chi connectivity index (χ0) is 21.7. The Balaban J connectivity index is 1.99. The number of ether oxygens (including phenoxy) is 1. The molecule has 1 aliphatic heterocycles. The van der Waals surface area contributed by atoms with E-state index in [1.807, 2.05) is 25.7 Å². The van der Waals surface area contributed by atoms with E-state index in [1.54, 1.807) is 12.1 Å². The van der Waals surface area contributed by atoms with Gasteiger partial charge in [0.15, 0.2) is 9.84 Å². The number of amides is 1. The Hall–Kier alpha value is -1.93. The van der Waals surface area contributed by atoms with E-state index in [0.717, 1.165) is 0 Å². The lowest BCUT2D eigenvalue weighted by Crippen LogP contribution is -2.45. The summed E-state index contributed by atoms with van der Waals surface area (Å²) < 4.78 is 43.8. The standard InChI is InChI=1S/C21H31FN2O4S/c1-16(2)20(25)24-10-8-21(3,9-11-24)15-29(26,27)19-6-4-18(5-7-19)28-14-17(12-22)13-23/h4-7,12,16H,8-11,13-15,23H2,1-3H3. The van der Waals surface area contributed by atoms with E-state index >= 15 is 0 Å². The minimum atomic E-state index is -3.48. The number of benzene rings is 1. The molecule has 0 atom stereocenters. The Kier molecular flexibility index (Phi) is 7.82. The number of halogens is 1. The van der Waals surface area contributed by atoms with Crippen LogP contribution in [-0.2, 0) is 14.6 Å². The number of carbonyl (C=O) groups is 1. The highest BCUT2D eigenvalue weighted by molar-refractivity contribution is 7.91. The van der Waals surface area contributed by atoms with Crippen molar-refractivity contribution < 1.29 is 22.3 Å². The minimum absolute atomic E-state index is 0.0166. The van der Waals surface area contributed by atoms with Crippen molar-refractivity contribution in [2.45, 2.75) is 38.5 Å². The molecule has 0 saturated carbocycles. The number of sulfone groups is 1. The molecule has 2 rings (SSSR count). The smallest absolute Gasteiger partial charge is 0.225 e. The van der Waals surface area contributed by atoms with Crippen LogP contribution in [0.3, 0.4) is 0 Å². The maximum atomic E-state index is 12.9. The number of likely N-dealkylation sites (tertiary alicyclic amines) is 1. The Morgan fingerprint density at radius 1 is 1.28 bits per heavy atom. The summed E-state index contributed by atoms with van der Waals surface area (Å²) >= 11 is 0. The summed E-state index contributed by atoms with van der Waals surface area (Å²) in [6.07, 6.45) is 1.73. The molecule has 6 nitrogen and oxygen atoms in total. The van der Waals surface area contributed by atoms with Gasteiger partial charge in [-0.3, -0.25) is 4.79 Å². The first-order valence-corrected chi connectivity index (χ1v) is 11.5. The lowest BCUT2D eigenvalue weighted by atomic mass is 9.82. The van der Waals surface area contributed by atoms with E-state index < -0.39 is 9.84 Å². The van der Waals surface area contributed by atoms with Gasteiger partial charge in [-0.15, -0.1) is 0 Å². The van der Waals surface area contributed by atoms with Crippen LogP contribution in [-0.4, -0.2) is 51.2 Å². The third-order valence-electron chi connectivity index (χ3n) is 5.34. The summed E-state index contributed by atoms with van der Waals surface area (Å²) in [7, 11) is -3.48. The molecule has 0 aliphatic carbocycles. The fourth-order valence-electron chi connectivity index (χ4n) is 3.37. The van der Waals surface area contributed by atoms with Gasteiger partial charge in [0.1, 0.15) is 12.4 Å². The Labute approximate surface area is 172 Å². The van der Waals surface area contributed by atoms with Gasteiger partial charge in [0, 0.05) is 31.1 Å². The van der Waals surface area contributed by atoms with Crippen molar-refractivity contribution in [1.29, 1.82) is 0 Å². The van der Waals surface area contributed by atoms with Crippen molar-refractivity contribution in [3.05, 3.63) is 36.2 Å². The van der Waals surface area contributed by atoms with Crippen molar-refractivity contribution in [2.75, 3.05) is 32.0 Å². The normalized spacial score (nSPS) is 17.4. The predicted octanol–water partition coefficient (Wildman–Crippen LogP) is 2.94. The van der Waals surface area contributed by atoms with E-state index in [4.69, 9.17) is 10.5 Å². The van der Waals surface area contributed by atoms with Crippen LogP contribution < -0.4 is 10.5 Å². The molecule has 0 bridgehead atoms. The van der Waals surface area contributed by atoms with E-state index in [-0.39, 0.29) is 41.0 Å². The molecular weight excluding hydrogens is 395 g/mol. The van der Waals surface area contributed by atoms with Crippen LogP contribution in [0.15, 0.2) is 41.1 Å². The summed E-state index contributed by atoms with van der Waals surface area (Å²) in [5.41, 5.74) is 5.33. The molecule has 1 aromatic carbocycles.